The van der Waals surface area contributed by atoms with E-state index in [2.05, 4.69) is 25.5 Å². The molecule has 0 aliphatic carbocycles. The van der Waals surface area contributed by atoms with Gasteiger partial charge in [-0.3, -0.25) is 4.79 Å². The summed E-state index contributed by atoms with van der Waals surface area (Å²) in [6, 6.07) is 1.37. The standard InChI is InChI=1S/C16H21N7O2/c1-8(2)13(17)16(24)18-7-12-21-14(22-25-12)11-6-19-23-10(4)5-9(3)20-15(11)23/h5-6,8,13H,7,17H2,1-4H3,(H,18,24)/t13-/m0/s1. The van der Waals surface area contributed by atoms with Gasteiger partial charge >= 0.3 is 0 Å². The van der Waals surface area contributed by atoms with Crippen LogP contribution in [0.3, 0.4) is 0 Å². The third kappa shape index (κ3) is 3.36. The molecule has 3 N–H and O–H groups in total. The summed E-state index contributed by atoms with van der Waals surface area (Å²) in [7, 11) is 0. The Kier molecular flexibility index (Phi) is 4.49. The second-order valence-electron chi connectivity index (χ2n) is 6.33. The first kappa shape index (κ1) is 17.0. The largest absolute Gasteiger partial charge is 0.346 e. The van der Waals surface area contributed by atoms with E-state index in [0.717, 1.165) is 11.4 Å². The summed E-state index contributed by atoms with van der Waals surface area (Å²) in [6.07, 6.45) is 1.65. The summed E-state index contributed by atoms with van der Waals surface area (Å²) in [5.74, 6) is 0.473. The summed E-state index contributed by atoms with van der Waals surface area (Å²) in [5, 5.41) is 11.0. The van der Waals surface area contributed by atoms with Gasteiger partial charge in [-0.2, -0.15) is 10.1 Å². The minimum absolute atomic E-state index is 0.0505. The van der Waals surface area contributed by atoms with E-state index in [1.807, 2.05) is 33.8 Å². The number of nitrogens with zero attached hydrogens (tertiary/aromatic N) is 5. The smallest absolute Gasteiger partial charge is 0.246 e. The van der Waals surface area contributed by atoms with Crippen molar-refractivity contribution < 1.29 is 9.32 Å². The SMILES string of the molecule is Cc1cc(C)n2ncc(-c3noc(CNC(=O)[C@@H](N)C(C)C)n3)c2n1. The lowest BCUT2D eigenvalue weighted by Crippen LogP contribution is -2.43. The van der Waals surface area contributed by atoms with Gasteiger partial charge in [0.05, 0.1) is 24.3 Å². The molecule has 0 saturated carbocycles. The quantitative estimate of drug-likeness (QED) is 0.708. The van der Waals surface area contributed by atoms with Crippen molar-refractivity contribution in [3.8, 4) is 11.4 Å². The van der Waals surface area contributed by atoms with E-state index in [1.165, 1.54) is 0 Å². The van der Waals surface area contributed by atoms with Crippen molar-refractivity contribution in [2.45, 2.75) is 40.3 Å². The predicted octanol–water partition coefficient (Wildman–Crippen LogP) is 0.996. The van der Waals surface area contributed by atoms with Crippen molar-refractivity contribution in [1.82, 2.24) is 30.1 Å². The van der Waals surface area contributed by atoms with Gasteiger partial charge in [0.2, 0.25) is 17.6 Å². The Bertz CT molecular complexity index is 912. The number of amides is 1. The van der Waals surface area contributed by atoms with E-state index in [-0.39, 0.29) is 18.4 Å². The Hall–Kier alpha value is -2.81. The number of aromatic nitrogens is 5. The Morgan fingerprint density at radius 2 is 2.12 bits per heavy atom. The molecule has 0 spiro atoms. The second kappa shape index (κ2) is 6.60. The highest BCUT2D eigenvalue weighted by Gasteiger charge is 2.19. The molecule has 9 heteroatoms. The van der Waals surface area contributed by atoms with Gasteiger partial charge in [-0.1, -0.05) is 19.0 Å². The van der Waals surface area contributed by atoms with Crippen LogP contribution in [-0.4, -0.2) is 36.7 Å². The highest BCUT2D eigenvalue weighted by atomic mass is 16.5. The van der Waals surface area contributed by atoms with Crippen LogP contribution >= 0.6 is 0 Å². The lowest BCUT2D eigenvalue weighted by Gasteiger charge is -2.14. The summed E-state index contributed by atoms with van der Waals surface area (Å²) >= 11 is 0. The van der Waals surface area contributed by atoms with Crippen molar-refractivity contribution in [1.29, 1.82) is 0 Å². The van der Waals surface area contributed by atoms with Gasteiger partial charge in [0.25, 0.3) is 0 Å². The zero-order valence-electron chi connectivity index (χ0n) is 14.6. The molecule has 1 amide bonds. The molecule has 1 atom stereocenters. The van der Waals surface area contributed by atoms with Gasteiger partial charge in [0.15, 0.2) is 5.65 Å². The van der Waals surface area contributed by atoms with Crippen LogP contribution in [0, 0.1) is 19.8 Å². The fourth-order valence-electron chi connectivity index (χ4n) is 2.45. The predicted molar refractivity (Wildman–Crippen MR) is 90.4 cm³/mol. The Labute approximate surface area is 144 Å². The van der Waals surface area contributed by atoms with Crippen LogP contribution in [0.4, 0.5) is 0 Å². The molecule has 3 heterocycles. The molecule has 132 valence electrons. The first-order valence-electron chi connectivity index (χ1n) is 8.05. The molecular formula is C16H21N7O2. The number of carbonyl (C=O) groups excluding carboxylic acids is 1. The Morgan fingerprint density at radius 1 is 1.36 bits per heavy atom. The van der Waals surface area contributed by atoms with Gasteiger partial charge in [-0.05, 0) is 25.8 Å². The molecule has 0 aromatic carbocycles. The molecule has 0 radical (unpaired) electrons. The van der Waals surface area contributed by atoms with Gasteiger partial charge in [-0.25, -0.2) is 9.50 Å². The molecule has 0 bridgehead atoms. The maximum atomic E-state index is 11.9. The van der Waals surface area contributed by atoms with Crippen molar-refractivity contribution in [2.24, 2.45) is 11.7 Å². The van der Waals surface area contributed by atoms with E-state index in [9.17, 15) is 4.79 Å². The van der Waals surface area contributed by atoms with Gasteiger partial charge in [-0.15, -0.1) is 0 Å². The summed E-state index contributed by atoms with van der Waals surface area (Å²) in [4.78, 5) is 20.7. The molecular weight excluding hydrogens is 322 g/mol. The second-order valence-corrected chi connectivity index (χ2v) is 6.33. The number of aryl methyl sites for hydroxylation is 2. The third-order valence-corrected chi connectivity index (χ3v) is 3.92. The van der Waals surface area contributed by atoms with Crippen molar-refractivity contribution in [3.63, 3.8) is 0 Å². The van der Waals surface area contributed by atoms with Gasteiger partial charge in [0, 0.05) is 11.4 Å². The average Bonchev–Trinajstić information content (AvgIpc) is 3.18. The molecule has 3 aromatic rings. The molecule has 25 heavy (non-hydrogen) atoms. The molecule has 9 nitrogen and oxygen atoms in total. The highest BCUT2D eigenvalue weighted by molar-refractivity contribution is 5.81. The number of hydrogen-bond donors (Lipinski definition) is 2. The van der Waals surface area contributed by atoms with Crippen molar-refractivity contribution in [2.75, 3.05) is 0 Å². The molecule has 0 aliphatic rings. The van der Waals surface area contributed by atoms with Crippen LogP contribution in [0.5, 0.6) is 0 Å². The maximum absolute atomic E-state index is 11.9. The van der Waals surface area contributed by atoms with E-state index >= 15 is 0 Å². The number of fused-ring (bicyclic) bond motifs is 1. The lowest BCUT2D eigenvalue weighted by atomic mass is 10.1. The minimum Gasteiger partial charge on any atom is -0.346 e. The highest BCUT2D eigenvalue weighted by Crippen LogP contribution is 2.21. The maximum Gasteiger partial charge on any atom is 0.246 e. The Balaban J connectivity index is 1.79. The van der Waals surface area contributed by atoms with Crippen LogP contribution in [0.15, 0.2) is 16.8 Å². The Morgan fingerprint density at radius 3 is 2.84 bits per heavy atom. The minimum atomic E-state index is -0.572. The molecule has 0 saturated heterocycles. The fourth-order valence-corrected chi connectivity index (χ4v) is 2.45. The van der Waals surface area contributed by atoms with Crippen LogP contribution in [0.25, 0.3) is 17.0 Å². The van der Waals surface area contributed by atoms with Crippen LogP contribution < -0.4 is 11.1 Å². The number of hydrogen-bond acceptors (Lipinski definition) is 7. The van der Waals surface area contributed by atoms with E-state index < -0.39 is 6.04 Å². The molecule has 0 unspecified atom stereocenters. The normalized spacial score (nSPS) is 12.7. The van der Waals surface area contributed by atoms with Crippen LogP contribution in [-0.2, 0) is 11.3 Å². The van der Waals surface area contributed by atoms with E-state index in [4.69, 9.17) is 10.3 Å². The molecule has 3 rings (SSSR count). The molecule has 0 fully saturated rings. The van der Waals surface area contributed by atoms with Crippen molar-refractivity contribution in [3.05, 3.63) is 29.5 Å². The zero-order valence-corrected chi connectivity index (χ0v) is 14.6. The van der Waals surface area contributed by atoms with Crippen LogP contribution in [0.2, 0.25) is 0 Å². The molecule has 0 aliphatic heterocycles. The first-order chi connectivity index (χ1) is 11.9. The number of rotatable bonds is 5. The number of nitrogens with two attached hydrogens (primary N) is 1. The fraction of sp³-hybridized carbons (Fsp3) is 0.438. The van der Waals surface area contributed by atoms with Crippen LogP contribution in [0.1, 0.15) is 31.1 Å². The number of nitrogens with one attached hydrogen (secondary N) is 1. The van der Waals surface area contributed by atoms with Gasteiger partial charge < -0.3 is 15.6 Å². The van der Waals surface area contributed by atoms with Gasteiger partial charge in [0.1, 0.15) is 0 Å². The first-order valence-corrected chi connectivity index (χ1v) is 8.05. The zero-order chi connectivity index (χ0) is 18.1. The lowest BCUT2D eigenvalue weighted by molar-refractivity contribution is -0.123. The summed E-state index contributed by atoms with van der Waals surface area (Å²) in [5.41, 5.74) is 8.98. The summed E-state index contributed by atoms with van der Waals surface area (Å²) < 4.78 is 6.93. The average molecular weight is 343 g/mol. The van der Waals surface area contributed by atoms with E-state index in [1.54, 1.807) is 10.7 Å². The van der Waals surface area contributed by atoms with E-state index in [0.29, 0.717) is 22.9 Å². The molecule has 3 aromatic heterocycles. The summed E-state index contributed by atoms with van der Waals surface area (Å²) in [6.45, 7) is 7.76. The topological polar surface area (TPSA) is 124 Å². The monoisotopic (exact) mass is 343 g/mol. The van der Waals surface area contributed by atoms with Crippen molar-refractivity contribution >= 4 is 11.6 Å². The number of carbonyl (C=O) groups is 1. The third-order valence-electron chi connectivity index (χ3n) is 3.92.